The monoisotopic (exact) mass is 945 g/mol. The maximum absolute atomic E-state index is 12.8. The molecule has 0 aliphatic rings. The highest BCUT2D eigenvalue weighted by Gasteiger charge is 2.19. The highest BCUT2D eigenvalue weighted by Crippen LogP contribution is 2.18. The van der Waals surface area contributed by atoms with Gasteiger partial charge in [0.25, 0.3) is 0 Å². The molecule has 0 aromatic rings. The van der Waals surface area contributed by atoms with Gasteiger partial charge in [-0.15, -0.1) is 0 Å². The van der Waals surface area contributed by atoms with Crippen molar-refractivity contribution in [3.05, 3.63) is 12.2 Å². The van der Waals surface area contributed by atoms with Gasteiger partial charge in [0.15, 0.2) is 6.10 Å². The Morgan fingerprint density at radius 2 is 0.493 bits per heavy atom. The molecule has 6 nitrogen and oxygen atoms in total. The van der Waals surface area contributed by atoms with E-state index in [0.717, 1.165) is 64.2 Å². The number of hydrogen-bond donors (Lipinski definition) is 0. The quantitative estimate of drug-likeness (QED) is 0.0262. The van der Waals surface area contributed by atoms with E-state index in [1.54, 1.807) is 0 Å². The van der Waals surface area contributed by atoms with E-state index in [1.165, 1.54) is 238 Å². The molecule has 0 aliphatic carbocycles. The van der Waals surface area contributed by atoms with Gasteiger partial charge in [-0.1, -0.05) is 290 Å². The topological polar surface area (TPSA) is 78.9 Å². The third-order valence-corrected chi connectivity index (χ3v) is 13.8. The van der Waals surface area contributed by atoms with Crippen LogP contribution in [0.4, 0.5) is 0 Å². The maximum atomic E-state index is 12.8. The van der Waals surface area contributed by atoms with Crippen LogP contribution in [-0.2, 0) is 28.6 Å². The summed E-state index contributed by atoms with van der Waals surface area (Å²) in [5, 5.41) is 0. The van der Waals surface area contributed by atoms with Gasteiger partial charge >= 0.3 is 17.9 Å². The average molecular weight is 946 g/mol. The summed E-state index contributed by atoms with van der Waals surface area (Å²) in [4.78, 5) is 38.0. The minimum Gasteiger partial charge on any atom is -0.462 e. The second-order valence-corrected chi connectivity index (χ2v) is 20.6. The van der Waals surface area contributed by atoms with E-state index in [4.69, 9.17) is 14.2 Å². The maximum Gasteiger partial charge on any atom is 0.306 e. The second kappa shape index (κ2) is 56.7. The lowest BCUT2D eigenvalue weighted by atomic mass is 10.0. The molecule has 67 heavy (non-hydrogen) atoms. The second-order valence-electron chi connectivity index (χ2n) is 20.6. The van der Waals surface area contributed by atoms with Gasteiger partial charge in [-0.25, -0.2) is 0 Å². The predicted molar refractivity (Wildman–Crippen MR) is 289 cm³/mol. The summed E-state index contributed by atoms with van der Waals surface area (Å²) in [6.07, 6.45) is 65.3. The Morgan fingerprint density at radius 1 is 0.284 bits per heavy atom. The first-order chi connectivity index (χ1) is 33.0. The number of hydrogen-bond acceptors (Lipinski definition) is 6. The molecule has 0 N–H and O–H groups in total. The van der Waals surface area contributed by atoms with Crippen LogP contribution >= 0.6 is 0 Å². The first kappa shape index (κ1) is 65.1. The number of ether oxygens (including phenoxy) is 3. The van der Waals surface area contributed by atoms with Crippen molar-refractivity contribution in [2.24, 2.45) is 0 Å². The van der Waals surface area contributed by atoms with E-state index < -0.39 is 6.10 Å². The molecule has 0 saturated carbocycles. The lowest BCUT2D eigenvalue weighted by Gasteiger charge is -2.18. The Morgan fingerprint density at radius 3 is 0.776 bits per heavy atom. The van der Waals surface area contributed by atoms with Crippen molar-refractivity contribution in [1.82, 2.24) is 0 Å². The van der Waals surface area contributed by atoms with E-state index in [1.807, 2.05) is 0 Å². The third-order valence-electron chi connectivity index (χ3n) is 13.8. The van der Waals surface area contributed by atoms with E-state index in [9.17, 15) is 14.4 Å². The fraction of sp³-hybridized carbons (Fsp3) is 0.918. The molecule has 0 bridgehead atoms. The van der Waals surface area contributed by atoms with Crippen LogP contribution in [0.25, 0.3) is 0 Å². The van der Waals surface area contributed by atoms with Gasteiger partial charge in [-0.2, -0.15) is 0 Å². The van der Waals surface area contributed by atoms with Crippen molar-refractivity contribution < 1.29 is 28.6 Å². The van der Waals surface area contributed by atoms with Gasteiger partial charge in [-0.05, 0) is 44.9 Å². The molecule has 0 amide bonds. The van der Waals surface area contributed by atoms with Crippen molar-refractivity contribution >= 4 is 17.9 Å². The number of esters is 3. The number of allylic oxidation sites excluding steroid dienone is 2. The molecule has 0 spiro atoms. The molecule has 1 atom stereocenters. The summed E-state index contributed by atoms with van der Waals surface area (Å²) in [6.45, 7) is 6.64. The lowest BCUT2D eigenvalue weighted by Crippen LogP contribution is -2.30. The number of rotatable bonds is 56. The summed E-state index contributed by atoms with van der Waals surface area (Å²) >= 11 is 0. The Bertz CT molecular complexity index is 1040. The van der Waals surface area contributed by atoms with E-state index >= 15 is 0 Å². The van der Waals surface area contributed by atoms with Crippen molar-refractivity contribution in [3.8, 4) is 0 Å². The summed E-state index contributed by atoms with van der Waals surface area (Å²) < 4.78 is 16.8. The first-order valence-electron chi connectivity index (χ1n) is 30.2. The summed E-state index contributed by atoms with van der Waals surface area (Å²) in [5.74, 6) is -0.860. The molecule has 0 aliphatic heterocycles. The summed E-state index contributed by atoms with van der Waals surface area (Å²) in [6, 6.07) is 0. The van der Waals surface area contributed by atoms with Gasteiger partial charge in [0.2, 0.25) is 0 Å². The van der Waals surface area contributed by atoms with E-state index in [-0.39, 0.29) is 31.1 Å². The molecule has 0 radical (unpaired) electrons. The SMILES string of the molecule is CCCCC/C=C\CCCCCCCC(=O)OC(COC(=O)CCCCCCCCCCC)COC(=O)CCCCCCCCCCCCCCCCCCCCCCCCCCCCCC. The largest absolute Gasteiger partial charge is 0.462 e. The highest BCUT2D eigenvalue weighted by atomic mass is 16.6. The van der Waals surface area contributed by atoms with Gasteiger partial charge in [0.05, 0.1) is 0 Å². The van der Waals surface area contributed by atoms with Gasteiger partial charge in [0.1, 0.15) is 13.2 Å². The zero-order chi connectivity index (χ0) is 48.6. The first-order valence-corrected chi connectivity index (χ1v) is 30.2. The Labute approximate surface area is 418 Å². The van der Waals surface area contributed by atoms with Gasteiger partial charge in [0, 0.05) is 19.3 Å². The average Bonchev–Trinajstić information content (AvgIpc) is 3.33. The minimum absolute atomic E-state index is 0.0681. The highest BCUT2D eigenvalue weighted by molar-refractivity contribution is 5.71. The lowest BCUT2D eigenvalue weighted by molar-refractivity contribution is -0.167. The molecule has 0 heterocycles. The molecule has 0 aromatic heterocycles. The molecule has 6 heteroatoms. The normalized spacial score (nSPS) is 12.0. The zero-order valence-electron chi connectivity index (χ0n) is 45.5. The number of carbonyl (C=O) groups is 3. The van der Waals surface area contributed by atoms with Crippen molar-refractivity contribution in [3.63, 3.8) is 0 Å². The van der Waals surface area contributed by atoms with Crippen LogP contribution in [0.15, 0.2) is 12.2 Å². The van der Waals surface area contributed by atoms with Crippen molar-refractivity contribution in [1.29, 1.82) is 0 Å². The Kier molecular flexibility index (Phi) is 55.2. The predicted octanol–water partition coefficient (Wildman–Crippen LogP) is 20.1. The van der Waals surface area contributed by atoms with Gasteiger partial charge in [-0.3, -0.25) is 14.4 Å². The van der Waals surface area contributed by atoms with Crippen molar-refractivity contribution in [2.45, 2.75) is 348 Å². The van der Waals surface area contributed by atoms with Crippen LogP contribution in [0.1, 0.15) is 342 Å². The molecule has 0 fully saturated rings. The van der Waals surface area contributed by atoms with Crippen LogP contribution in [0.3, 0.4) is 0 Å². The fourth-order valence-electron chi connectivity index (χ4n) is 9.21. The van der Waals surface area contributed by atoms with E-state index in [2.05, 4.69) is 32.9 Å². The van der Waals surface area contributed by atoms with Crippen LogP contribution in [0, 0.1) is 0 Å². The fourth-order valence-corrected chi connectivity index (χ4v) is 9.21. The standard InChI is InChI=1S/C61H116O6/c1-4-7-10-13-16-19-21-23-24-25-26-27-28-29-30-31-32-33-34-35-36-37-38-40-42-45-48-51-54-60(63)66-57-58(56-65-59(62)53-50-47-44-41-18-15-12-9-6-3)67-61(64)55-52-49-46-43-39-22-20-17-14-11-8-5-2/h17,20,58H,4-16,18-19,21-57H2,1-3H3/b20-17-. The van der Waals surface area contributed by atoms with Crippen LogP contribution in [0.2, 0.25) is 0 Å². The van der Waals surface area contributed by atoms with Crippen LogP contribution < -0.4 is 0 Å². The zero-order valence-corrected chi connectivity index (χ0v) is 45.5. The van der Waals surface area contributed by atoms with Gasteiger partial charge < -0.3 is 14.2 Å². The molecular weight excluding hydrogens is 829 g/mol. The van der Waals surface area contributed by atoms with Crippen LogP contribution in [0.5, 0.6) is 0 Å². The smallest absolute Gasteiger partial charge is 0.306 e. The molecule has 1 unspecified atom stereocenters. The molecule has 0 aromatic carbocycles. The van der Waals surface area contributed by atoms with Crippen molar-refractivity contribution in [2.75, 3.05) is 13.2 Å². The molecule has 0 rings (SSSR count). The Hall–Kier alpha value is -1.85. The summed E-state index contributed by atoms with van der Waals surface area (Å²) in [7, 11) is 0. The Balaban J connectivity index is 4.02. The van der Waals surface area contributed by atoms with E-state index in [0.29, 0.717) is 19.3 Å². The minimum atomic E-state index is -0.767. The molecule has 0 saturated heterocycles. The number of carbonyl (C=O) groups excluding carboxylic acids is 3. The van der Waals surface area contributed by atoms with Crippen LogP contribution in [-0.4, -0.2) is 37.2 Å². The molecule has 396 valence electrons. The summed E-state index contributed by atoms with van der Waals surface area (Å²) in [5.41, 5.74) is 0. The number of unbranched alkanes of at least 4 members (excludes halogenated alkanes) is 43. The third kappa shape index (κ3) is 55.0. The molecular formula is C61H116O6.